The Hall–Kier alpha value is 2.04. The van der Waals surface area contributed by atoms with Crippen LogP contribution in [0.4, 0.5) is 0 Å². The molecule has 0 atom stereocenters. The molecule has 7 heteroatoms. The summed E-state index contributed by atoms with van der Waals surface area (Å²) in [7, 11) is -5.17. The van der Waals surface area contributed by atoms with Gasteiger partial charge in [0.1, 0.15) is 0 Å². The monoisotopic (exact) mass is 241 g/mol. The van der Waals surface area contributed by atoms with E-state index < -0.39 is 10.4 Å². The third kappa shape index (κ3) is 70.5. The summed E-state index contributed by atoms with van der Waals surface area (Å²) in [6, 6.07) is 0. The van der Waals surface area contributed by atoms with Gasteiger partial charge in [0.15, 0.2) is 0 Å². The summed E-state index contributed by atoms with van der Waals surface area (Å²) in [4.78, 5) is 0. The van der Waals surface area contributed by atoms with Crippen molar-refractivity contribution in [2.24, 2.45) is 0 Å². The number of hydrogen-bond donors (Lipinski definition) is 0. The van der Waals surface area contributed by atoms with Crippen LogP contribution in [0.3, 0.4) is 0 Å². The fourth-order valence-electron chi connectivity index (χ4n) is 0. The first-order chi connectivity index (χ1) is 2.00. The zero-order valence-electron chi connectivity index (χ0n) is 3.75. The Bertz CT molecular complexity index is 94.9. The van der Waals surface area contributed by atoms with Crippen LogP contribution in [0.25, 0.3) is 0 Å². The van der Waals surface area contributed by atoms with Crippen molar-refractivity contribution in [2.45, 2.75) is 0 Å². The Balaban J connectivity index is -0.0000000800. The van der Waals surface area contributed by atoms with Crippen LogP contribution in [-0.4, -0.2) is 66.4 Å². The maximum Gasteiger partial charge on any atom is 2.00 e. The normalized spacial score (nSPS) is 8.29. The van der Waals surface area contributed by atoms with E-state index in [0.29, 0.717) is 0 Å². The van der Waals surface area contributed by atoms with Crippen LogP contribution in [-0.2, 0) is 10.4 Å². The van der Waals surface area contributed by atoms with Gasteiger partial charge in [0.05, 0.1) is 0 Å². The average Bonchev–Trinajstić information content (AvgIpc) is 0.722. The van der Waals surface area contributed by atoms with Crippen molar-refractivity contribution >= 4 is 59.3 Å². The Morgan fingerprint density at radius 3 is 1.14 bits per heavy atom. The second-order valence-corrected chi connectivity index (χ2v) is 1.22. The standard InChI is InChI=1S/Ba.Li.H2O4S/c;;1-5(2,3)4/h;;(H2,1,2,3,4)/q+2;+1;/p-2. The molecule has 0 radical (unpaired) electrons. The largest absolute Gasteiger partial charge is 2.00 e. The van der Waals surface area contributed by atoms with Crippen molar-refractivity contribution < 1.29 is 36.4 Å². The molecule has 0 bridgehead atoms. The van der Waals surface area contributed by atoms with Crippen LogP contribution < -0.4 is 18.9 Å². The van der Waals surface area contributed by atoms with Gasteiger partial charge < -0.3 is 9.11 Å². The maximum absolute atomic E-state index is 8.52. The number of rotatable bonds is 0. The predicted octanol–water partition coefficient (Wildman–Crippen LogP) is -4.71. The van der Waals surface area contributed by atoms with Crippen molar-refractivity contribution in [3.05, 3.63) is 0 Å². The molecule has 0 fully saturated rings. The first kappa shape index (κ1) is 16.0. The van der Waals surface area contributed by atoms with Crippen molar-refractivity contribution in [3.63, 3.8) is 0 Å². The summed E-state index contributed by atoms with van der Waals surface area (Å²) in [5.41, 5.74) is 0. The second-order valence-electron chi connectivity index (χ2n) is 0.408. The molecule has 7 heavy (non-hydrogen) atoms. The van der Waals surface area contributed by atoms with E-state index in [1.54, 1.807) is 0 Å². The quantitative estimate of drug-likeness (QED) is 0.242. The summed E-state index contributed by atoms with van der Waals surface area (Å²) in [6.07, 6.45) is 0. The molecule has 0 rings (SSSR count). The van der Waals surface area contributed by atoms with Gasteiger partial charge in [-0.2, -0.15) is 0 Å². The van der Waals surface area contributed by atoms with Gasteiger partial charge in [-0.05, 0) is 0 Å². The SMILES string of the molecule is O=S(=O)([O-])[O-].[Ba+2].[Li+]. The molecule has 0 aromatic rings. The molecule has 4 nitrogen and oxygen atoms in total. The van der Waals surface area contributed by atoms with Crippen LogP contribution >= 0.6 is 0 Å². The van der Waals surface area contributed by atoms with E-state index >= 15 is 0 Å². The number of hydrogen-bond acceptors (Lipinski definition) is 4. The minimum atomic E-state index is -5.17. The van der Waals surface area contributed by atoms with Crippen molar-refractivity contribution in [1.29, 1.82) is 0 Å². The van der Waals surface area contributed by atoms with Gasteiger partial charge in [-0.15, -0.1) is 0 Å². The summed E-state index contributed by atoms with van der Waals surface area (Å²) in [6.45, 7) is 0. The molecule has 0 aliphatic rings. The molecule has 0 saturated heterocycles. The first-order valence-corrected chi connectivity index (χ1v) is 2.00. The van der Waals surface area contributed by atoms with E-state index in [9.17, 15) is 0 Å². The second kappa shape index (κ2) is 6.16. The van der Waals surface area contributed by atoms with Crippen LogP contribution in [0.1, 0.15) is 0 Å². The molecule has 0 heterocycles. The Morgan fingerprint density at radius 1 is 1.14 bits per heavy atom. The Labute approximate surface area is 93.9 Å². The zero-order valence-corrected chi connectivity index (χ0v) is 9.01. The Morgan fingerprint density at radius 2 is 1.14 bits per heavy atom. The molecule has 0 aromatic heterocycles. The van der Waals surface area contributed by atoms with Gasteiger partial charge >= 0.3 is 67.7 Å². The van der Waals surface area contributed by atoms with Crippen molar-refractivity contribution in [1.82, 2.24) is 0 Å². The average molecular weight is 240 g/mol. The molecule has 0 unspecified atom stereocenters. The van der Waals surface area contributed by atoms with E-state index in [4.69, 9.17) is 17.5 Å². The van der Waals surface area contributed by atoms with Gasteiger partial charge in [-0.3, -0.25) is 8.42 Å². The van der Waals surface area contributed by atoms with Crippen LogP contribution in [0.2, 0.25) is 0 Å². The van der Waals surface area contributed by atoms with Gasteiger partial charge in [-0.1, -0.05) is 0 Å². The van der Waals surface area contributed by atoms with E-state index in [2.05, 4.69) is 0 Å². The molecular formula is BaLiO4S+. The fourth-order valence-corrected chi connectivity index (χ4v) is 0. The first-order valence-electron chi connectivity index (χ1n) is 0.667. The summed E-state index contributed by atoms with van der Waals surface area (Å²) < 4.78 is 34.1. The van der Waals surface area contributed by atoms with Gasteiger partial charge in [0, 0.05) is 10.4 Å². The van der Waals surface area contributed by atoms with Crippen molar-refractivity contribution in [2.75, 3.05) is 0 Å². The Kier molecular flexibility index (Phi) is 14.1. The molecule has 0 N–H and O–H groups in total. The molecular weight excluding hydrogens is 240 g/mol. The van der Waals surface area contributed by atoms with Gasteiger partial charge in [0.25, 0.3) is 0 Å². The third-order valence-electron chi connectivity index (χ3n) is 0. The third-order valence-corrected chi connectivity index (χ3v) is 0. The zero-order chi connectivity index (χ0) is 4.50. The minimum Gasteiger partial charge on any atom is -0.759 e. The predicted molar refractivity (Wildman–Crippen MR) is 16.2 cm³/mol. The van der Waals surface area contributed by atoms with Crippen LogP contribution in [0.5, 0.6) is 0 Å². The molecule has 0 amide bonds. The molecule has 0 spiro atoms. The summed E-state index contributed by atoms with van der Waals surface area (Å²) >= 11 is 0. The van der Waals surface area contributed by atoms with E-state index in [0.717, 1.165) is 0 Å². The van der Waals surface area contributed by atoms with E-state index in [1.165, 1.54) is 0 Å². The van der Waals surface area contributed by atoms with Crippen LogP contribution in [0, 0.1) is 0 Å². The molecule has 0 aliphatic heterocycles. The van der Waals surface area contributed by atoms with Gasteiger partial charge in [-0.25, -0.2) is 0 Å². The molecule has 0 saturated carbocycles. The summed E-state index contributed by atoms with van der Waals surface area (Å²) in [5.74, 6) is 0. The van der Waals surface area contributed by atoms with Crippen LogP contribution in [0.15, 0.2) is 0 Å². The fraction of sp³-hybridized carbons (Fsp3) is 0. The smallest absolute Gasteiger partial charge is 0.759 e. The molecule has 0 aliphatic carbocycles. The molecule has 32 valence electrons. The summed E-state index contributed by atoms with van der Waals surface area (Å²) in [5, 5.41) is 0. The topological polar surface area (TPSA) is 80.3 Å². The van der Waals surface area contributed by atoms with Crippen molar-refractivity contribution in [3.8, 4) is 0 Å². The maximum atomic E-state index is 8.52. The molecule has 0 aromatic carbocycles. The van der Waals surface area contributed by atoms with Gasteiger partial charge in [0.2, 0.25) is 0 Å². The minimum absolute atomic E-state index is 0. The van der Waals surface area contributed by atoms with E-state index in [1.807, 2.05) is 0 Å². The van der Waals surface area contributed by atoms with E-state index in [-0.39, 0.29) is 67.7 Å².